The molecule has 2 aromatic rings. The quantitative estimate of drug-likeness (QED) is 0.831. The summed E-state index contributed by atoms with van der Waals surface area (Å²) in [6.07, 6.45) is 1.76. The first-order valence-corrected chi connectivity index (χ1v) is 6.14. The van der Waals surface area contributed by atoms with Crippen molar-refractivity contribution in [2.75, 3.05) is 18.4 Å². The van der Waals surface area contributed by atoms with Crippen molar-refractivity contribution in [3.8, 4) is 0 Å². The Morgan fingerprint density at radius 2 is 2.17 bits per heavy atom. The standard InChI is InChI=1S/C14H13N3O/c1-2-5-11-10(4-1)13-15-7-8-17(13)14(16-11)12-6-3-9-18-12/h1-6,9,14,16H,7-8H2. The Balaban J connectivity index is 1.84. The van der Waals surface area contributed by atoms with Crippen LogP contribution in [0.15, 0.2) is 52.1 Å². The van der Waals surface area contributed by atoms with E-state index in [9.17, 15) is 0 Å². The van der Waals surface area contributed by atoms with Gasteiger partial charge < -0.3 is 14.6 Å². The summed E-state index contributed by atoms with van der Waals surface area (Å²) in [6.45, 7) is 1.78. The minimum absolute atomic E-state index is 0.0520. The average Bonchev–Trinajstić information content (AvgIpc) is 3.09. The van der Waals surface area contributed by atoms with E-state index in [0.29, 0.717) is 0 Å². The molecule has 90 valence electrons. The zero-order valence-corrected chi connectivity index (χ0v) is 9.84. The van der Waals surface area contributed by atoms with E-state index in [1.165, 1.54) is 5.56 Å². The minimum atomic E-state index is 0.0520. The Bertz CT molecular complexity index is 603. The number of hydrogen-bond donors (Lipinski definition) is 1. The Labute approximate surface area is 105 Å². The summed E-state index contributed by atoms with van der Waals surface area (Å²) in [7, 11) is 0. The SMILES string of the molecule is c1coc(C2Nc3ccccc3C3=NCCN32)c1. The van der Waals surface area contributed by atoms with Crippen molar-refractivity contribution >= 4 is 11.5 Å². The lowest BCUT2D eigenvalue weighted by atomic mass is 10.1. The summed E-state index contributed by atoms with van der Waals surface area (Å²) >= 11 is 0. The lowest BCUT2D eigenvalue weighted by Crippen LogP contribution is -2.41. The number of rotatable bonds is 1. The van der Waals surface area contributed by atoms with Gasteiger partial charge in [0.1, 0.15) is 11.6 Å². The molecule has 18 heavy (non-hydrogen) atoms. The van der Waals surface area contributed by atoms with Crippen LogP contribution in [0.25, 0.3) is 0 Å². The fourth-order valence-corrected chi connectivity index (χ4v) is 2.65. The molecular weight excluding hydrogens is 226 g/mol. The van der Waals surface area contributed by atoms with Crippen LogP contribution in [0, 0.1) is 0 Å². The van der Waals surface area contributed by atoms with Gasteiger partial charge in [0, 0.05) is 17.8 Å². The molecule has 1 N–H and O–H groups in total. The molecule has 4 rings (SSSR count). The van der Waals surface area contributed by atoms with Crippen molar-refractivity contribution < 1.29 is 4.42 Å². The number of nitrogens with one attached hydrogen (secondary N) is 1. The molecule has 0 amide bonds. The molecule has 1 unspecified atom stereocenters. The second-order valence-electron chi connectivity index (χ2n) is 4.51. The van der Waals surface area contributed by atoms with E-state index in [0.717, 1.165) is 30.4 Å². The summed E-state index contributed by atoms with van der Waals surface area (Å²) in [5, 5.41) is 3.52. The highest BCUT2D eigenvalue weighted by Crippen LogP contribution is 2.34. The summed E-state index contributed by atoms with van der Waals surface area (Å²) < 4.78 is 5.54. The summed E-state index contributed by atoms with van der Waals surface area (Å²) in [5.74, 6) is 2.00. The number of nitrogens with zero attached hydrogens (tertiary/aromatic N) is 2. The molecule has 2 aliphatic rings. The molecule has 1 aromatic carbocycles. The third kappa shape index (κ3) is 1.29. The van der Waals surface area contributed by atoms with E-state index < -0.39 is 0 Å². The molecule has 4 nitrogen and oxygen atoms in total. The van der Waals surface area contributed by atoms with Crippen molar-refractivity contribution in [2.24, 2.45) is 4.99 Å². The molecule has 0 saturated heterocycles. The van der Waals surface area contributed by atoms with Gasteiger partial charge in [-0.3, -0.25) is 4.99 Å². The van der Waals surface area contributed by atoms with Gasteiger partial charge >= 0.3 is 0 Å². The lowest BCUT2D eigenvalue weighted by Gasteiger charge is -2.36. The van der Waals surface area contributed by atoms with Crippen molar-refractivity contribution in [3.63, 3.8) is 0 Å². The van der Waals surface area contributed by atoms with Crippen molar-refractivity contribution in [2.45, 2.75) is 6.17 Å². The molecule has 0 bridgehead atoms. The maximum absolute atomic E-state index is 5.54. The number of furan rings is 1. The largest absolute Gasteiger partial charge is 0.465 e. The number of hydrogen-bond acceptors (Lipinski definition) is 4. The van der Waals surface area contributed by atoms with Crippen molar-refractivity contribution in [3.05, 3.63) is 54.0 Å². The first kappa shape index (κ1) is 9.76. The highest BCUT2D eigenvalue weighted by molar-refractivity contribution is 6.06. The van der Waals surface area contributed by atoms with E-state index in [2.05, 4.69) is 27.3 Å². The van der Waals surface area contributed by atoms with Gasteiger partial charge in [0.15, 0.2) is 6.17 Å². The minimum Gasteiger partial charge on any atom is -0.465 e. The van der Waals surface area contributed by atoms with Gasteiger partial charge in [-0.15, -0.1) is 0 Å². The normalized spacial score (nSPS) is 21.0. The average molecular weight is 239 g/mol. The van der Waals surface area contributed by atoms with E-state index >= 15 is 0 Å². The highest BCUT2D eigenvalue weighted by atomic mass is 16.3. The molecular formula is C14H13N3O. The van der Waals surface area contributed by atoms with Gasteiger partial charge in [-0.05, 0) is 24.3 Å². The summed E-state index contributed by atoms with van der Waals surface area (Å²) in [4.78, 5) is 6.89. The number of para-hydroxylation sites is 1. The van der Waals surface area contributed by atoms with E-state index in [1.54, 1.807) is 6.26 Å². The third-order valence-electron chi connectivity index (χ3n) is 3.46. The smallest absolute Gasteiger partial charge is 0.160 e. The zero-order valence-electron chi connectivity index (χ0n) is 9.84. The van der Waals surface area contributed by atoms with Crippen molar-refractivity contribution in [1.82, 2.24) is 4.90 Å². The summed E-state index contributed by atoms with van der Waals surface area (Å²) in [6, 6.07) is 12.2. The molecule has 0 saturated carbocycles. The lowest BCUT2D eigenvalue weighted by molar-refractivity contribution is 0.316. The Morgan fingerprint density at radius 3 is 3.06 bits per heavy atom. The van der Waals surface area contributed by atoms with Crippen LogP contribution >= 0.6 is 0 Å². The van der Waals surface area contributed by atoms with Crippen LogP contribution in [0.5, 0.6) is 0 Å². The predicted molar refractivity (Wildman–Crippen MR) is 69.6 cm³/mol. The number of aliphatic imine (C=N–C) groups is 1. The van der Waals surface area contributed by atoms with Crippen LogP contribution in [0.3, 0.4) is 0 Å². The highest BCUT2D eigenvalue weighted by Gasteiger charge is 2.34. The molecule has 0 fully saturated rings. The van der Waals surface area contributed by atoms with E-state index in [4.69, 9.17) is 4.42 Å². The van der Waals surface area contributed by atoms with Crippen molar-refractivity contribution in [1.29, 1.82) is 0 Å². The number of amidine groups is 1. The fourth-order valence-electron chi connectivity index (χ4n) is 2.65. The molecule has 0 aliphatic carbocycles. The molecule has 4 heteroatoms. The van der Waals surface area contributed by atoms with Crippen LogP contribution in [-0.4, -0.2) is 23.8 Å². The second kappa shape index (κ2) is 3.63. The third-order valence-corrected chi connectivity index (χ3v) is 3.46. The van der Waals surface area contributed by atoms with Gasteiger partial charge in [0.05, 0.1) is 12.8 Å². The van der Waals surface area contributed by atoms with Gasteiger partial charge in [-0.25, -0.2) is 0 Å². The van der Waals surface area contributed by atoms with Crippen LogP contribution < -0.4 is 5.32 Å². The first-order chi connectivity index (χ1) is 8.93. The number of anilines is 1. The maximum atomic E-state index is 5.54. The molecule has 0 radical (unpaired) electrons. The Kier molecular flexibility index (Phi) is 1.97. The van der Waals surface area contributed by atoms with Crippen LogP contribution in [0.4, 0.5) is 5.69 Å². The van der Waals surface area contributed by atoms with E-state index in [-0.39, 0.29) is 6.17 Å². The molecule has 2 aliphatic heterocycles. The van der Waals surface area contributed by atoms with Gasteiger partial charge in [-0.2, -0.15) is 0 Å². The molecule has 0 spiro atoms. The predicted octanol–water partition coefficient (Wildman–Crippen LogP) is 2.47. The van der Waals surface area contributed by atoms with E-state index in [1.807, 2.05) is 24.3 Å². The van der Waals surface area contributed by atoms with Crippen LogP contribution in [-0.2, 0) is 0 Å². The topological polar surface area (TPSA) is 40.8 Å². The maximum Gasteiger partial charge on any atom is 0.160 e. The van der Waals surface area contributed by atoms with Gasteiger partial charge in [0.2, 0.25) is 0 Å². The van der Waals surface area contributed by atoms with Crippen LogP contribution in [0.1, 0.15) is 17.5 Å². The zero-order chi connectivity index (χ0) is 11.9. The fraction of sp³-hybridized carbons (Fsp3) is 0.214. The first-order valence-electron chi connectivity index (χ1n) is 6.14. The second-order valence-corrected chi connectivity index (χ2v) is 4.51. The van der Waals surface area contributed by atoms with Gasteiger partial charge in [0.25, 0.3) is 0 Å². The number of benzene rings is 1. The Morgan fingerprint density at radius 1 is 1.22 bits per heavy atom. The number of fused-ring (bicyclic) bond motifs is 3. The Hall–Kier alpha value is -2.23. The molecule has 1 atom stereocenters. The molecule has 3 heterocycles. The summed E-state index contributed by atoms with van der Waals surface area (Å²) in [5.41, 5.74) is 2.30. The molecule has 1 aromatic heterocycles. The van der Waals surface area contributed by atoms with Crippen LogP contribution in [0.2, 0.25) is 0 Å². The van der Waals surface area contributed by atoms with Gasteiger partial charge in [-0.1, -0.05) is 12.1 Å². The monoisotopic (exact) mass is 239 g/mol.